The van der Waals surface area contributed by atoms with Gasteiger partial charge in [-0.3, -0.25) is 4.79 Å². The molecule has 1 aromatic carbocycles. The fraction of sp³-hybridized carbons (Fsp3) is 0.562. The fourth-order valence-corrected chi connectivity index (χ4v) is 3.02. The van der Waals surface area contributed by atoms with E-state index >= 15 is 0 Å². The third kappa shape index (κ3) is 3.97. The molecular formula is C16H22ClNO. The molecule has 0 aliphatic heterocycles. The topological polar surface area (TPSA) is 29.1 Å². The van der Waals surface area contributed by atoms with Crippen LogP contribution in [-0.4, -0.2) is 11.9 Å². The predicted octanol–water partition coefficient (Wildman–Crippen LogP) is 4.12. The second-order valence-corrected chi connectivity index (χ2v) is 5.71. The summed E-state index contributed by atoms with van der Waals surface area (Å²) in [4.78, 5) is 12.2. The number of halogens is 1. The molecule has 1 fully saturated rings. The van der Waals surface area contributed by atoms with Gasteiger partial charge in [0, 0.05) is 17.5 Å². The summed E-state index contributed by atoms with van der Waals surface area (Å²) in [6.07, 6.45) is 5.98. The van der Waals surface area contributed by atoms with E-state index in [4.69, 9.17) is 11.6 Å². The number of rotatable bonds is 4. The van der Waals surface area contributed by atoms with Gasteiger partial charge in [0.15, 0.2) is 0 Å². The molecule has 1 saturated carbocycles. The zero-order valence-electron chi connectivity index (χ0n) is 11.5. The molecule has 1 amide bonds. The van der Waals surface area contributed by atoms with E-state index in [1.54, 1.807) is 0 Å². The number of alkyl halides is 1. The number of carbonyl (C=O) groups excluding carboxylic acids is 1. The molecule has 104 valence electrons. The lowest BCUT2D eigenvalue weighted by atomic mass is 9.84. The second kappa shape index (κ2) is 6.95. The second-order valence-electron chi connectivity index (χ2n) is 5.45. The molecule has 1 aromatic rings. The van der Waals surface area contributed by atoms with Crippen LogP contribution in [-0.2, 0) is 5.88 Å². The van der Waals surface area contributed by atoms with Crippen LogP contribution >= 0.6 is 11.6 Å². The highest BCUT2D eigenvalue weighted by Gasteiger charge is 2.22. The van der Waals surface area contributed by atoms with Crippen LogP contribution in [0.2, 0.25) is 0 Å². The molecule has 1 aliphatic carbocycles. The van der Waals surface area contributed by atoms with Gasteiger partial charge in [0.25, 0.3) is 5.91 Å². The minimum Gasteiger partial charge on any atom is -0.349 e. The zero-order chi connectivity index (χ0) is 13.7. The van der Waals surface area contributed by atoms with Gasteiger partial charge in [0.2, 0.25) is 0 Å². The smallest absolute Gasteiger partial charge is 0.251 e. The van der Waals surface area contributed by atoms with Crippen LogP contribution in [0.1, 0.15) is 54.9 Å². The van der Waals surface area contributed by atoms with Gasteiger partial charge >= 0.3 is 0 Å². The van der Waals surface area contributed by atoms with E-state index < -0.39 is 0 Å². The van der Waals surface area contributed by atoms with Crippen LogP contribution in [0.15, 0.2) is 24.3 Å². The normalized spacial score (nSPS) is 23.1. The Hall–Kier alpha value is -1.02. The lowest BCUT2D eigenvalue weighted by Crippen LogP contribution is -2.38. The molecule has 19 heavy (non-hydrogen) atoms. The summed E-state index contributed by atoms with van der Waals surface area (Å²) in [6, 6.07) is 7.90. The van der Waals surface area contributed by atoms with E-state index in [0.717, 1.165) is 29.9 Å². The Kier molecular flexibility index (Phi) is 5.26. The summed E-state index contributed by atoms with van der Waals surface area (Å²) in [5.41, 5.74) is 1.71. The van der Waals surface area contributed by atoms with Crippen molar-refractivity contribution < 1.29 is 4.79 Å². The van der Waals surface area contributed by atoms with Crippen LogP contribution in [0.3, 0.4) is 0 Å². The Morgan fingerprint density at radius 1 is 1.42 bits per heavy atom. The molecule has 1 aliphatic rings. The maximum Gasteiger partial charge on any atom is 0.251 e. The summed E-state index contributed by atoms with van der Waals surface area (Å²) in [7, 11) is 0. The molecule has 0 spiro atoms. The molecule has 2 rings (SSSR count). The fourth-order valence-electron chi connectivity index (χ4n) is 2.86. The molecule has 0 saturated heterocycles. The van der Waals surface area contributed by atoms with E-state index in [0.29, 0.717) is 11.9 Å². The number of nitrogens with one attached hydrogen (secondary N) is 1. The zero-order valence-corrected chi connectivity index (χ0v) is 12.2. The SMILES string of the molecule is CCC1CCCC(NC(=O)c2cccc(CCl)c2)C1. The Bertz CT molecular complexity index is 433. The quantitative estimate of drug-likeness (QED) is 0.825. The summed E-state index contributed by atoms with van der Waals surface area (Å²) < 4.78 is 0. The van der Waals surface area contributed by atoms with E-state index in [2.05, 4.69) is 12.2 Å². The van der Waals surface area contributed by atoms with Crippen LogP contribution in [0.5, 0.6) is 0 Å². The highest BCUT2D eigenvalue weighted by Crippen LogP contribution is 2.26. The van der Waals surface area contributed by atoms with E-state index in [1.165, 1.54) is 19.3 Å². The first-order chi connectivity index (χ1) is 9.22. The predicted molar refractivity (Wildman–Crippen MR) is 79.5 cm³/mol. The molecule has 0 aromatic heterocycles. The van der Waals surface area contributed by atoms with Crippen LogP contribution in [0.25, 0.3) is 0 Å². The van der Waals surface area contributed by atoms with Gasteiger partial charge in [0.05, 0.1) is 0 Å². The van der Waals surface area contributed by atoms with E-state index in [-0.39, 0.29) is 5.91 Å². The maximum atomic E-state index is 12.2. The van der Waals surface area contributed by atoms with Gasteiger partial charge in [-0.2, -0.15) is 0 Å². The number of hydrogen-bond acceptors (Lipinski definition) is 1. The van der Waals surface area contributed by atoms with Crippen molar-refractivity contribution in [1.82, 2.24) is 5.32 Å². The maximum absolute atomic E-state index is 12.2. The molecule has 0 bridgehead atoms. The van der Waals surface area contributed by atoms with E-state index in [9.17, 15) is 4.79 Å². The molecule has 0 radical (unpaired) electrons. The number of amides is 1. The monoisotopic (exact) mass is 279 g/mol. The number of carbonyl (C=O) groups is 1. The van der Waals surface area contributed by atoms with Gasteiger partial charge in [-0.25, -0.2) is 0 Å². The Labute approximate surface area is 120 Å². The van der Waals surface area contributed by atoms with Crippen LogP contribution in [0, 0.1) is 5.92 Å². The average Bonchev–Trinajstić information content (AvgIpc) is 2.47. The lowest BCUT2D eigenvalue weighted by Gasteiger charge is -2.29. The van der Waals surface area contributed by atoms with Gasteiger partial charge in [-0.05, 0) is 36.5 Å². The molecule has 1 N–H and O–H groups in total. The first kappa shape index (κ1) is 14.4. The summed E-state index contributed by atoms with van der Waals surface area (Å²) in [6.45, 7) is 2.23. The minimum atomic E-state index is 0.0359. The Balaban J connectivity index is 1.96. The molecular weight excluding hydrogens is 258 g/mol. The highest BCUT2D eigenvalue weighted by molar-refractivity contribution is 6.17. The molecule has 2 unspecified atom stereocenters. The first-order valence-electron chi connectivity index (χ1n) is 7.18. The standard InChI is InChI=1S/C16H22ClNO/c1-2-12-5-4-8-15(10-12)18-16(19)14-7-3-6-13(9-14)11-17/h3,6-7,9,12,15H,2,4-5,8,10-11H2,1H3,(H,18,19). The van der Waals surface area contributed by atoms with Crippen molar-refractivity contribution >= 4 is 17.5 Å². The van der Waals surface area contributed by atoms with Crippen LogP contribution in [0.4, 0.5) is 0 Å². The average molecular weight is 280 g/mol. The third-order valence-electron chi connectivity index (χ3n) is 4.04. The summed E-state index contributed by atoms with van der Waals surface area (Å²) >= 11 is 5.80. The Morgan fingerprint density at radius 3 is 3.00 bits per heavy atom. The molecule has 3 heteroatoms. The largest absolute Gasteiger partial charge is 0.349 e. The highest BCUT2D eigenvalue weighted by atomic mass is 35.5. The third-order valence-corrected chi connectivity index (χ3v) is 4.35. The Morgan fingerprint density at radius 2 is 2.26 bits per heavy atom. The van der Waals surface area contributed by atoms with Gasteiger partial charge in [0.1, 0.15) is 0 Å². The van der Waals surface area contributed by atoms with Crippen molar-refractivity contribution in [3.05, 3.63) is 35.4 Å². The summed E-state index contributed by atoms with van der Waals surface area (Å²) in [5, 5.41) is 3.17. The van der Waals surface area contributed by atoms with E-state index in [1.807, 2.05) is 24.3 Å². The van der Waals surface area contributed by atoms with Gasteiger partial charge < -0.3 is 5.32 Å². The summed E-state index contributed by atoms with van der Waals surface area (Å²) in [5.74, 6) is 1.25. The van der Waals surface area contributed by atoms with Crippen molar-refractivity contribution in [3.63, 3.8) is 0 Å². The number of hydrogen-bond donors (Lipinski definition) is 1. The van der Waals surface area contributed by atoms with Crippen molar-refractivity contribution in [1.29, 1.82) is 0 Å². The van der Waals surface area contributed by atoms with Crippen molar-refractivity contribution in [2.45, 2.75) is 50.9 Å². The molecule has 2 nitrogen and oxygen atoms in total. The lowest BCUT2D eigenvalue weighted by molar-refractivity contribution is 0.0919. The minimum absolute atomic E-state index is 0.0359. The van der Waals surface area contributed by atoms with Crippen LogP contribution < -0.4 is 5.32 Å². The first-order valence-corrected chi connectivity index (χ1v) is 7.72. The van der Waals surface area contributed by atoms with Crippen molar-refractivity contribution in [2.75, 3.05) is 0 Å². The molecule has 2 atom stereocenters. The molecule has 0 heterocycles. The number of benzene rings is 1. The van der Waals surface area contributed by atoms with Crippen molar-refractivity contribution in [3.8, 4) is 0 Å². The van der Waals surface area contributed by atoms with Gasteiger partial charge in [-0.1, -0.05) is 38.3 Å². The van der Waals surface area contributed by atoms with Gasteiger partial charge in [-0.15, -0.1) is 11.6 Å². The van der Waals surface area contributed by atoms with Crippen molar-refractivity contribution in [2.24, 2.45) is 5.92 Å².